The average Bonchev–Trinajstić information content (AvgIpc) is 2.36. The third-order valence-corrected chi connectivity index (χ3v) is 3.03. The maximum Gasteiger partial charge on any atom is 0.119 e. The second-order valence-corrected chi connectivity index (χ2v) is 5.07. The van der Waals surface area contributed by atoms with Crippen molar-refractivity contribution in [2.24, 2.45) is 11.7 Å². The van der Waals surface area contributed by atoms with Crippen molar-refractivity contribution >= 4 is 0 Å². The summed E-state index contributed by atoms with van der Waals surface area (Å²) in [6.45, 7) is 6.90. The highest BCUT2D eigenvalue weighted by atomic mass is 16.5. The molecule has 0 amide bonds. The van der Waals surface area contributed by atoms with Crippen LogP contribution in [0.1, 0.15) is 45.2 Å². The predicted molar refractivity (Wildman–Crippen MR) is 74.6 cm³/mol. The van der Waals surface area contributed by atoms with E-state index in [1.807, 2.05) is 31.2 Å². The summed E-state index contributed by atoms with van der Waals surface area (Å²) in [4.78, 5) is 0. The van der Waals surface area contributed by atoms with Gasteiger partial charge in [0.15, 0.2) is 0 Å². The molecule has 0 fully saturated rings. The van der Waals surface area contributed by atoms with E-state index in [2.05, 4.69) is 13.8 Å². The van der Waals surface area contributed by atoms with Crippen LogP contribution in [-0.4, -0.2) is 17.8 Å². The van der Waals surface area contributed by atoms with E-state index >= 15 is 0 Å². The number of rotatable bonds is 7. The molecule has 1 aromatic carbocycles. The molecule has 0 spiro atoms. The van der Waals surface area contributed by atoms with E-state index in [-0.39, 0.29) is 6.04 Å². The molecule has 0 aromatic heterocycles. The molecule has 0 aliphatic carbocycles. The van der Waals surface area contributed by atoms with Crippen LogP contribution in [0.15, 0.2) is 24.3 Å². The van der Waals surface area contributed by atoms with Gasteiger partial charge in [0, 0.05) is 0 Å². The molecular weight excluding hydrogens is 226 g/mol. The molecule has 0 bridgehead atoms. The zero-order chi connectivity index (χ0) is 13.5. The summed E-state index contributed by atoms with van der Waals surface area (Å²) in [5.74, 6) is 1.43. The van der Waals surface area contributed by atoms with Crippen LogP contribution in [0.2, 0.25) is 0 Å². The number of aliphatic hydroxyl groups is 1. The van der Waals surface area contributed by atoms with Gasteiger partial charge in [-0.15, -0.1) is 0 Å². The van der Waals surface area contributed by atoms with Gasteiger partial charge in [0.2, 0.25) is 0 Å². The van der Waals surface area contributed by atoms with Crippen molar-refractivity contribution in [2.75, 3.05) is 6.61 Å². The summed E-state index contributed by atoms with van der Waals surface area (Å²) >= 11 is 0. The zero-order valence-corrected chi connectivity index (χ0v) is 11.6. The fourth-order valence-electron chi connectivity index (χ4n) is 1.86. The van der Waals surface area contributed by atoms with Gasteiger partial charge in [0.25, 0.3) is 0 Å². The van der Waals surface area contributed by atoms with Gasteiger partial charge in [-0.2, -0.15) is 0 Å². The standard InChI is InChI=1S/C15H25NO2/c1-4-18-13-8-6-12(7-9-13)15(16)14(17)10-5-11(2)3/h6-9,11,14-15,17H,4-5,10,16H2,1-3H3/t14-,15+/m1/s1. The number of nitrogens with two attached hydrogens (primary N) is 1. The first-order chi connectivity index (χ1) is 8.54. The molecule has 3 N–H and O–H groups in total. The third-order valence-electron chi connectivity index (χ3n) is 3.03. The van der Waals surface area contributed by atoms with Gasteiger partial charge >= 0.3 is 0 Å². The van der Waals surface area contributed by atoms with Crippen molar-refractivity contribution in [3.8, 4) is 5.75 Å². The van der Waals surface area contributed by atoms with Gasteiger partial charge < -0.3 is 15.6 Å². The topological polar surface area (TPSA) is 55.5 Å². The van der Waals surface area contributed by atoms with E-state index in [1.165, 1.54) is 0 Å². The Morgan fingerprint density at radius 1 is 1.17 bits per heavy atom. The van der Waals surface area contributed by atoms with Crippen LogP contribution in [0.4, 0.5) is 0 Å². The molecule has 2 atom stereocenters. The molecule has 1 aromatic rings. The van der Waals surface area contributed by atoms with Crippen LogP contribution in [0.3, 0.4) is 0 Å². The summed E-state index contributed by atoms with van der Waals surface area (Å²) in [5, 5.41) is 10.0. The summed E-state index contributed by atoms with van der Waals surface area (Å²) in [6.07, 6.45) is 1.25. The molecule has 1 rings (SSSR count). The van der Waals surface area contributed by atoms with E-state index in [0.717, 1.165) is 24.2 Å². The minimum atomic E-state index is -0.481. The number of aliphatic hydroxyl groups excluding tert-OH is 1. The third kappa shape index (κ3) is 4.67. The van der Waals surface area contributed by atoms with E-state index in [1.54, 1.807) is 0 Å². The van der Waals surface area contributed by atoms with Gasteiger partial charge in [0.05, 0.1) is 18.8 Å². The van der Waals surface area contributed by atoms with Crippen molar-refractivity contribution in [1.82, 2.24) is 0 Å². The monoisotopic (exact) mass is 251 g/mol. The number of ether oxygens (including phenoxy) is 1. The van der Waals surface area contributed by atoms with Gasteiger partial charge in [-0.3, -0.25) is 0 Å². The number of hydrogen-bond acceptors (Lipinski definition) is 3. The minimum Gasteiger partial charge on any atom is -0.494 e. The lowest BCUT2D eigenvalue weighted by Gasteiger charge is -2.20. The molecule has 0 aliphatic rings. The summed E-state index contributed by atoms with van der Waals surface area (Å²) in [7, 11) is 0. The Labute approximate surface area is 110 Å². The Morgan fingerprint density at radius 3 is 2.28 bits per heavy atom. The molecular formula is C15H25NO2. The molecule has 18 heavy (non-hydrogen) atoms. The maximum absolute atomic E-state index is 10.0. The molecule has 3 nitrogen and oxygen atoms in total. The van der Waals surface area contributed by atoms with Crippen molar-refractivity contribution in [3.05, 3.63) is 29.8 Å². The smallest absolute Gasteiger partial charge is 0.119 e. The summed E-state index contributed by atoms with van der Waals surface area (Å²) in [6, 6.07) is 7.32. The van der Waals surface area contributed by atoms with Crippen molar-refractivity contribution < 1.29 is 9.84 Å². The molecule has 3 heteroatoms. The molecule has 0 saturated carbocycles. The van der Waals surface area contributed by atoms with Crippen LogP contribution >= 0.6 is 0 Å². The van der Waals surface area contributed by atoms with Gasteiger partial charge in [0.1, 0.15) is 5.75 Å². The van der Waals surface area contributed by atoms with Crippen LogP contribution in [0.25, 0.3) is 0 Å². The highest BCUT2D eigenvalue weighted by molar-refractivity contribution is 5.29. The Bertz CT molecular complexity index is 335. The second kappa shape index (κ2) is 7.39. The first kappa shape index (κ1) is 15.0. The van der Waals surface area contributed by atoms with Crippen molar-refractivity contribution in [3.63, 3.8) is 0 Å². The molecule has 0 radical (unpaired) electrons. The van der Waals surface area contributed by atoms with Crippen LogP contribution in [0.5, 0.6) is 5.75 Å². The van der Waals surface area contributed by atoms with Crippen molar-refractivity contribution in [1.29, 1.82) is 0 Å². The fraction of sp³-hybridized carbons (Fsp3) is 0.600. The first-order valence-corrected chi connectivity index (χ1v) is 6.71. The van der Waals surface area contributed by atoms with Crippen LogP contribution in [0, 0.1) is 5.92 Å². The van der Waals surface area contributed by atoms with Gasteiger partial charge in [-0.25, -0.2) is 0 Å². The molecule has 102 valence electrons. The number of benzene rings is 1. The average molecular weight is 251 g/mol. The van der Waals surface area contributed by atoms with E-state index < -0.39 is 6.10 Å². The molecule has 0 heterocycles. The summed E-state index contributed by atoms with van der Waals surface area (Å²) < 4.78 is 5.38. The highest BCUT2D eigenvalue weighted by Crippen LogP contribution is 2.21. The maximum atomic E-state index is 10.0. The Kier molecular flexibility index (Phi) is 6.16. The molecule has 0 aliphatic heterocycles. The molecule has 0 saturated heterocycles. The van der Waals surface area contributed by atoms with Gasteiger partial charge in [-0.05, 0) is 43.4 Å². The Morgan fingerprint density at radius 2 is 1.78 bits per heavy atom. The van der Waals surface area contributed by atoms with Crippen LogP contribution < -0.4 is 10.5 Å². The van der Waals surface area contributed by atoms with E-state index in [4.69, 9.17) is 10.5 Å². The number of hydrogen-bond donors (Lipinski definition) is 2. The Balaban J connectivity index is 2.57. The zero-order valence-electron chi connectivity index (χ0n) is 11.6. The van der Waals surface area contributed by atoms with E-state index in [0.29, 0.717) is 12.5 Å². The lowest BCUT2D eigenvalue weighted by molar-refractivity contribution is 0.128. The Hall–Kier alpha value is -1.06. The first-order valence-electron chi connectivity index (χ1n) is 6.71. The van der Waals surface area contributed by atoms with Gasteiger partial charge in [-0.1, -0.05) is 26.0 Å². The lowest BCUT2D eigenvalue weighted by atomic mass is 9.96. The van der Waals surface area contributed by atoms with E-state index in [9.17, 15) is 5.11 Å². The largest absolute Gasteiger partial charge is 0.494 e. The SMILES string of the molecule is CCOc1ccc([C@H](N)[C@H](O)CCC(C)C)cc1. The lowest BCUT2D eigenvalue weighted by Crippen LogP contribution is -2.26. The second-order valence-electron chi connectivity index (χ2n) is 5.07. The normalized spacial score (nSPS) is 14.6. The molecule has 0 unspecified atom stereocenters. The highest BCUT2D eigenvalue weighted by Gasteiger charge is 2.16. The van der Waals surface area contributed by atoms with Crippen LogP contribution in [-0.2, 0) is 0 Å². The van der Waals surface area contributed by atoms with Crippen molar-refractivity contribution in [2.45, 2.75) is 45.8 Å². The quantitative estimate of drug-likeness (QED) is 0.783. The summed E-state index contributed by atoms with van der Waals surface area (Å²) in [5.41, 5.74) is 7.01. The minimum absolute atomic E-state index is 0.320. The predicted octanol–water partition coefficient (Wildman–Crippen LogP) is 2.88. The fourth-order valence-corrected chi connectivity index (χ4v) is 1.86.